The van der Waals surface area contributed by atoms with Gasteiger partial charge in [0.05, 0.1) is 11.5 Å². The Hall–Kier alpha value is -0.640. The fourth-order valence-corrected chi connectivity index (χ4v) is 4.36. The number of sulfonamides is 1. The van der Waals surface area contributed by atoms with Gasteiger partial charge in [-0.3, -0.25) is 0 Å². The van der Waals surface area contributed by atoms with Crippen LogP contribution in [0, 0.1) is 6.92 Å². The van der Waals surface area contributed by atoms with Gasteiger partial charge in [-0.15, -0.1) is 0 Å². The SMILES string of the molecule is Cc1c(Br)cc(CO)cc1S(=O)(=O)NC1(C(F)(F)F)CC1. The third-order valence-corrected chi connectivity index (χ3v) is 5.94. The summed E-state index contributed by atoms with van der Waals surface area (Å²) in [6, 6.07) is 2.69. The molecule has 0 radical (unpaired) electrons. The molecule has 2 rings (SSSR count). The molecule has 1 aliphatic rings. The largest absolute Gasteiger partial charge is 0.407 e. The van der Waals surface area contributed by atoms with Gasteiger partial charge in [0.25, 0.3) is 0 Å². The van der Waals surface area contributed by atoms with Crippen LogP contribution in [0.15, 0.2) is 21.5 Å². The lowest BCUT2D eigenvalue weighted by Crippen LogP contribution is -2.47. The fourth-order valence-electron chi connectivity index (χ4n) is 1.96. The van der Waals surface area contributed by atoms with E-state index >= 15 is 0 Å². The maximum absolute atomic E-state index is 12.9. The average molecular weight is 388 g/mol. The quantitative estimate of drug-likeness (QED) is 0.834. The second-order valence-electron chi connectivity index (χ2n) is 5.04. The molecule has 21 heavy (non-hydrogen) atoms. The molecule has 0 atom stereocenters. The number of aliphatic hydroxyl groups is 1. The van der Waals surface area contributed by atoms with Crippen molar-refractivity contribution >= 4 is 26.0 Å². The third kappa shape index (κ3) is 3.10. The first-order chi connectivity index (χ1) is 9.52. The predicted molar refractivity (Wildman–Crippen MR) is 73.1 cm³/mol. The maximum atomic E-state index is 12.9. The van der Waals surface area contributed by atoms with E-state index in [0.29, 0.717) is 10.0 Å². The Morgan fingerprint density at radius 1 is 1.38 bits per heavy atom. The van der Waals surface area contributed by atoms with E-state index in [-0.39, 0.29) is 23.3 Å². The maximum Gasteiger partial charge on any atom is 0.407 e. The van der Waals surface area contributed by atoms with Crippen molar-refractivity contribution in [2.75, 3.05) is 0 Å². The minimum atomic E-state index is -4.63. The number of hydrogen-bond acceptors (Lipinski definition) is 3. The molecule has 1 aromatic rings. The number of nitrogens with one attached hydrogen (secondary N) is 1. The molecule has 1 fully saturated rings. The zero-order valence-corrected chi connectivity index (χ0v) is 13.4. The highest BCUT2D eigenvalue weighted by atomic mass is 79.9. The summed E-state index contributed by atoms with van der Waals surface area (Å²) in [5.74, 6) is 0. The van der Waals surface area contributed by atoms with Crippen LogP contribution in [0.3, 0.4) is 0 Å². The minimum Gasteiger partial charge on any atom is -0.392 e. The summed E-state index contributed by atoms with van der Waals surface area (Å²) >= 11 is 3.14. The van der Waals surface area contributed by atoms with Crippen molar-refractivity contribution in [1.29, 1.82) is 0 Å². The molecule has 0 aromatic heterocycles. The molecule has 118 valence electrons. The number of aliphatic hydroxyl groups excluding tert-OH is 1. The Morgan fingerprint density at radius 2 is 1.95 bits per heavy atom. The molecule has 2 N–H and O–H groups in total. The van der Waals surface area contributed by atoms with Gasteiger partial charge in [-0.2, -0.15) is 17.9 Å². The predicted octanol–water partition coefficient (Wildman–Crippen LogP) is 2.62. The molecule has 1 aliphatic carbocycles. The molecule has 0 spiro atoms. The van der Waals surface area contributed by atoms with Gasteiger partial charge < -0.3 is 5.11 Å². The molecule has 0 heterocycles. The van der Waals surface area contributed by atoms with Crippen LogP contribution in [0.2, 0.25) is 0 Å². The lowest BCUT2D eigenvalue weighted by Gasteiger charge is -2.21. The van der Waals surface area contributed by atoms with Crippen molar-refractivity contribution in [2.45, 2.75) is 43.0 Å². The topological polar surface area (TPSA) is 66.4 Å². The van der Waals surface area contributed by atoms with E-state index < -0.39 is 28.3 Å². The van der Waals surface area contributed by atoms with Crippen LogP contribution in [0.5, 0.6) is 0 Å². The molecule has 1 aromatic carbocycles. The molecular formula is C12H13BrF3NO3S. The summed E-state index contributed by atoms with van der Waals surface area (Å²) in [5.41, 5.74) is -1.78. The average Bonchev–Trinajstić information content (AvgIpc) is 3.11. The summed E-state index contributed by atoms with van der Waals surface area (Å²) in [5, 5.41) is 9.10. The molecule has 0 amide bonds. The van der Waals surface area contributed by atoms with Crippen LogP contribution in [0.25, 0.3) is 0 Å². The standard InChI is InChI=1S/C12H13BrF3NO3S/c1-7-9(13)4-8(6-18)5-10(7)21(19,20)17-11(2-3-11)12(14,15)16/h4-5,17-18H,2-3,6H2,1H3. The fraction of sp³-hybridized carbons (Fsp3) is 0.500. The van der Waals surface area contributed by atoms with Crippen molar-refractivity contribution in [3.63, 3.8) is 0 Å². The molecule has 1 saturated carbocycles. The second-order valence-corrected chi connectivity index (χ2v) is 7.55. The zero-order valence-electron chi connectivity index (χ0n) is 11.0. The highest BCUT2D eigenvalue weighted by Gasteiger charge is 2.65. The van der Waals surface area contributed by atoms with E-state index in [1.54, 1.807) is 4.72 Å². The van der Waals surface area contributed by atoms with Gasteiger partial charge >= 0.3 is 6.18 Å². The van der Waals surface area contributed by atoms with Crippen LogP contribution >= 0.6 is 15.9 Å². The van der Waals surface area contributed by atoms with E-state index in [0.717, 1.165) is 0 Å². The number of benzene rings is 1. The highest BCUT2D eigenvalue weighted by molar-refractivity contribution is 9.10. The molecular weight excluding hydrogens is 375 g/mol. The van der Waals surface area contributed by atoms with E-state index in [1.165, 1.54) is 19.1 Å². The van der Waals surface area contributed by atoms with E-state index in [9.17, 15) is 21.6 Å². The first kappa shape index (κ1) is 16.7. The van der Waals surface area contributed by atoms with Crippen molar-refractivity contribution in [3.8, 4) is 0 Å². The summed E-state index contributed by atoms with van der Waals surface area (Å²) in [6.07, 6.45) is -5.16. The van der Waals surface area contributed by atoms with Crippen molar-refractivity contribution in [1.82, 2.24) is 4.72 Å². The Labute approximate surface area is 128 Å². The lowest BCUT2D eigenvalue weighted by molar-refractivity contribution is -0.160. The number of hydrogen-bond donors (Lipinski definition) is 2. The van der Waals surface area contributed by atoms with Crippen molar-refractivity contribution in [2.24, 2.45) is 0 Å². The van der Waals surface area contributed by atoms with E-state index in [1.807, 2.05) is 0 Å². The van der Waals surface area contributed by atoms with Crippen LogP contribution in [-0.2, 0) is 16.6 Å². The molecule has 0 saturated heterocycles. The highest BCUT2D eigenvalue weighted by Crippen LogP contribution is 2.49. The Balaban J connectivity index is 2.44. The number of alkyl halides is 3. The van der Waals surface area contributed by atoms with Gasteiger partial charge in [-0.1, -0.05) is 15.9 Å². The summed E-state index contributed by atoms with van der Waals surface area (Å²) < 4.78 is 65.4. The molecule has 0 aliphatic heterocycles. The van der Waals surface area contributed by atoms with Gasteiger partial charge in [0.2, 0.25) is 10.0 Å². The number of halogens is 4. The van der Waals surface area contributed by atoms with Gasteiger partial charge in [0, 0.05) is 4.47 Å². The van der Waals surface area contributed by atoms with Crippen LogP contribution in [0.1, 0.15) is 24.0 Å². The summed E-state index contributed by atoms with van der Waals surface area (Å²) in [4.78, 5) is -0.267. The molecule has 0 unspecified atom stereocenters. The van der Waals surface area contributed by atoms with E-state index in [4.69, 9.17) is 5.11 Å². The molecule has 9 heteroatoms. The molecule has 0 bridgehead atoms. The van der Waals surface area contributed by atoms with Gasteiger partial charge in [-0.05, 0) is 43.0 Å². The van der Waals surface area contributed by atoms with Crippen molar-refractivity contribution < 1.29 is 26.7 Å². The first-order valence-electron chi connectivity index (χ1n) is 6.03. The first-order valence-corrected chi connectivity index (χ1v) is 8.31. The van der Waals surface area contributed by atoms with Gasteiger partial charge in [0.15, 0.2) is 0 Å². The monoisotopic (exact) mass is 387 g/mol. The number of rotatable bonds is 4. The second kappa shape index (κ2) is 5.22. The van der Waals surface area contributed by atoms with Gasteiger partial charge in [-0.25, -0.2) is 8.42 Å². The lowest BCUT2D eigenvalue weighted by atomic mass is 10.2. The zero-order chi connectivity index (χ0) is 16.1. The van der Waals surface area contributed by atoms with Gasteiger partial charge in [0.1, 0.15) is 5.54 Å². The third-order valence-electron chi connectivity index (χ3n) is 3.45. The van der Waals surface area contributed by atoms with Crippen molar-refractivity contribution in [3.05, 3.63) is 27.7 Å². The van der Waals surface area contributed by atoms with E-state index in [2.05, 4.69) is 15.9 Å². The summed E-state index contributed by atoms with van der Waals surface area (Å²) in [6.45, 7) is 1.07. The van der Waals surface area contributed by atoms with Crippen LogP contribution in [0.4, 0.5) is 13.2 Å². The minimum absolute atomic E-state index is 0.267. The Kier molecular flexibility index (Phi) is 4.16. The smallest absolute Gasteiger partial charge is 0.392 e. The van der Waals surface area contributed by atoms with Crippen LogP contribution in [-0.4, -0.2) is 25.2 Å². The summed E-state index contributed by atoms with van der Waals surface area (Å²) in [7, 11) is -4.34. The Bertz CT molecular complexity index is 669. The molecule has 4 nitrogen and oxygen atoms in total. The van der Waals surface area contributed by atoms with Crippen LogP contribution < -0.4 is 4.72 Å². The Morgan fingerprint density at radius 3 is 2.38 bits per heavy atom. The normalized spacial score (nSPS) is 17.8.